The lowest BCUT2D eigenvalue weighted by Gasteiger charge is -2.07. The molecule has 27 heavy (non-hydrogen) atoms. The highest BCUT2D eigenvalue weighted by molar-refractivity contribution is 7.98. The van der Waals surface area contributed by atoms with Crippen LogP contribution >= 0.6 is 23.4 Å². The summed E-state index contributed by atoms with van der Waals surface area (Å²) in [5, 5.41) is 3.49. The molecule has 0 aliphatic carbocycles. The summed E-state index contributed by atoms with van der Waals surface area (Å²) in [6, 6.07) is 21.7. The van der Waals surface area contributed by atoms with Crippen molar-refractivity contribution < 1.29 is 9.59 Å². The minimum Gasteiger partial charge on any atom is -0.366 e. The van der Waals surface area contributed by atoms with Gasteiger partial charge in [0.15, 0.2) is 0 Å². The van der Waals surface area contributed by atoms with Crippen molar-refractivity contribution in [2.45, 2.75) is 10.6 Å². The zero-order valence-electron chi connectivity index (χ0n) is 14.3. The fourth-order valence-electron chi connectivity index (χ4n) is 2.40. The van der Waals surface area contributed by atoms with Crippen LogP contribution in [0.1, 0.15) is 26.3 Å². The normalized spacial score (nSPS) is 10.4. The Balaban J connectivity index is 1.60. The molecule has 3 aromatic carbocycles. The second-order valence-corrected chi connectivity index (χ2v) is 7.32. The van der Waals surface area contributed by atoms with Crippen LogP contribution in [0, 0.1) is 0 Å². The van der Waals surface area contributed by atoms with E-state index in [1.54, 1.807) is 48.2 Å². The summed E-state index contributed by atoms with van der Waals surface area (Å²) in [6.07, 6.45) is 0. The fourth-order valence-corrected chi connectivity index (χ4v) is 3.38. The van der Waals surface area contributed by atoms with E-state index in [-0.39, 0.29) is 5.91 Å². The molecule has 0 bridgehead atoms. The first-order valence-corrected chi connectivity index (χ1v) is 9.56. The standard InChI is InChI=1S/C21H17ClN2O2S/c22-17-8-10-19(11-9-17)27-13-14-4-6-15(7-5-14)21(26)24-18-3-1-2-16(12-18)20(23)25/h1-12H,13H2,(H2,23,25)(H,24,26). The minimum absolute atomic E-state index is 0.242. The van der Waals surface area contributed by atoms with Gasteiger partial charge in [-0.25, -0.2) is 0 Å². The second-order valence-electron chi connectivity index (χ2n) is 5.84. The van der Waals surface area contributed by atoms with E-state index in [2.05, 4.69) is 5.32 Å². The number of hydrogen-bond donors (Lipinski definition) is 2. The molecule has 0 aromatic heterocycles. The van der Waals surface area contributed by atoms with Crippen molar-refractivity contribution >= 4 is 40.9 Å². The van der Waals surface area contributed by atoms with Crippen molar-refractivity contribution in [2.75, 3.05) is 5.32 Å². The molecule has 2 amide bonds. The third kappa shape index (κ3) is 5.36. The van der Waals surface area contributed by atoms with E-state index in [1.165, 1.54) is 0 Å². The van der Waals surface area contributed by atoms with Gasteiger partial charge in [-0.15, -0.1) is 11.8 Å². The molecule has 0 atom stereocenters. The lowest BCUT2D eigenvalue weighted by atomic mass is 10.1. The Morgan fingerprint density at radius 3 is 2.30 bits per heavy atom. The first-order chi connectivity index (χ1) is 13.0. The molecule has 6 heteroatoms. The van der Waals surface area contributed by atoms with Crippen LogP contribution in [-0.2, 0) is 5.75 Å². The molecule has 0 spiro atoms. The molecule has 4 nitrogen and oxygen atoms in total. The highest BCUT2D eigenvalue weighted by Gasteiger charge is 2.08. The van der Waals surface area contributed by atoms with Crippen LogP contribution in [0.4, 0.5) is 5.69 Å². The van der Waals surface area contributed by atoms with Crippen LogP contribution in [0.5, 0.6) is 0 Å². The van der Waals surface area contributed by atoms with Crippen molar-refractivity contribution in [1.82, 2.24) is 0 Å². The molecule has 3 rings (SSSR count). The molecular weight excluding hydrogens is 380 g/mol. The molecule has 0 unspecified atom stereocenters. The zero-order valence-corrected chi connectivity index (χ0v) is 15.9. The average Bonchev–Trinajstić information content (AvgIpc) is 2.68. The highest BCUT2D eigenvalue weighted by atomic mass is 35.5. The molecule has 0 saturated carbocycles. The van der Waals surface area contributed by atoms with Crippen molar-refractivity contribution in [2.24, 2.45) is 5.73 Å². The Morgan fingerprint density at radius 1 is 0.926 bits per heavy atom. The van der Waals surface area contributed by atoms with Gasteiger partial charge in [-0.1, -0.05) is 29.8 Å². The molecule has 136 valence electrons. The van der Waals surface area contributed by atoms with Gasteiger partial charge in [0.05, 0.1) is 0 Å². The van der Waals surface area contributed by atoms with Crippen LogP contribution in [0.25, 0.3) is 0 Å². The van der Waals surface area contributed by atoms with Crippen molar-refractivity contribution in [3.63, 3.8) is 0 Å². The maximum absolute atomic E-state index is 12.4. The Hall–Kier alpha value is -2.76. The van der Waals surface area contributed by atoms with Gasteiger partial charge >= 0.3 is 0 Å². The fraction of sp³-hybridized carbons (Fsp3) is 0.0476. The molecule has 0 heterocycles. The van der Waals surface area contributed by atoms with Gasteiger partial charge in [0.1, 0.15) is 0 Å². The largest absolute Gasteiger partial charge is 0.366 e. The van der Waals surface area contributed by atoms with Crippen LogP contribution < -0.4 is 11.1 Å². The topological polar surface area (TPSA) is 72.2 Å². The van der Waals surface area contributed by atoms with Gasteiger partial charge in [-0.3, -0.25) is 9.59 Å². The maximum atomic E-state index is 12.4. The second kappa shape index (κ2) is 8.75. The highest BCUT2D eigenvalue weighted by Crippen LogP contribution is 2.24. The number of nitrogens with one attached hydrogen (secondary N) is 1. The zero-order chi connectivity index (χ0) is 19.2. The Bertz CT molecular complexity index is 957. The predicted molar refractivity (Wildman–Crippen MR) is 110 cm³/mol. The summed E-state index contributed by atoms with van der Waals surface area (Å²) in [5.41, 5.74) is 7.79. The van der Waals surface area contributed by atoms with E-state index in [1.807, 2.05) is 36.4 Å². The number of halogens is 1. The molecule has 0 fully saturated rings. The van der Waals surface area contributed by atoms with E-state index in [9.17, 15) is 9.59 Å². The maximum Gasteiger partial charge on any atom is 0.255 e. The van der Waals surface area contributed by atoms with E-state index >= 15 is 0 Å². The van der Waals surface area contributed by atoms with Crippen LogP contribution in [0.15, 0.2) is 77.7 Å². The summed E-state index contributed by atoms with van der Waals surface area (Å²) in [7, 11) is 0. The molecule has 3 aromatic rings. The lowest BCUT2D eigenvalue weighted by molar-refractivity contribution is 0.0996. The summed E-state index contributed by atoms with van der Waals surface area (Å²) >= 11 is 7.59. The Morgan fingerprint density at radius 2 is 1.63 bits per heavy atom. The van der Waals surface area contributed by atoms with E-state index in [0.29, 0.717) is 16.8 Å². The van der Waals surface area contributed by atoms with E-state index in [0.717, 1.165) is 21.2 Å². The number of nitrogens with two attached hydrogens (primary N) is 1. The number of amides is 2. The minimum atomic E-state index is -0.534. The van der Waals surface area contributed by atoms with Gasteiger partial charge in [0.2, 0.25) is 5.91 Å². The van der Waals surface area contributed by atoms with E-state index < -0.39 is 5.91 Å². The van der Waals surface area contributed by atoms with Crippen LogP contribution in [-0.4, -0.2) is 11.8 Å². The molecule has 0 saturated heterocycles. The molecular formula is C21H17ClN2O2S. The van der Waals surface area contributed by atoms with Crippen LogP contribution in [0.3, 0.4) is 0 Å². The number of carbonyl (C=O) groups is 2. The number of hydrogen-bond acceptors (Lipinski definition) is 3. The van der Waals surface area contributed by atoms with Crippen molar-refractivity contribution in [3.8, 4) is 0 Å². The molecule has 0 radical (unpaired) electrons. The summed E-state index contributed by atoms with van der Waals surface area (Å²) < 4.78 is 0. The average molecular weight is 397 g/mol. The Labute approximate surface area is 166 Å². The van der Waals surface area contributed by atoms with Gasteiger partial charge in [0, 0.05) is 32.5 Å². The van der Waals surface area contributed by atoms with Crippen LogP contribution in [0.2, 0.25) is 5.02 Å². The molecule has 0 aliphatic rings. The Kier molecular flexibility index (Phi) is 6.16. The number of benzene rings is 3. The van der Waals surface area contributed by atoms with Gasteiger partial charge in [-0.05, 0) is 60.2 Å². The van der Waals surface area contributed by atoms with E-state index in [4.69, 9.17) is 17.3 Å². The smallest absolute Gasteiger partial charge is 0.255 e. The first-order valence-electron chi connectivity index (χ1n) is 8.20. The van der Waals surface area contributed by atoms with Crippen molar-refractivity contribution in [1.29, 1.82) is 0 Å². The van der Waals surface area contributed by atoms with Gasteiger partial charge < -0.3 is 11.1 Å². The first kappa shape index (κ1) is 19.0. The molecule has 3 N–H and O–H groups in total. The third-order valence-electron chi connectivity index (χ3n) is 3.84. The number of carbonyl (C=O) groups excluding carboxylic acids is 2. The van der Waals surface area contributed by atoms with Crippen molar-refractivity contribution in [3.05, 3.63) is 94.5 Å². The van der Waals surface area contributed by atoms with Gasteiger partial charge in [-0.2, -0.15) is 0 Å². The third-order valence-corrected chi connectivity index (χ3v) is 5.18. The quantitative estimate of drug-likeness (QED) is 0.577. The lowest BCUT2D eigenvalue weighted by Crippen LogP contribution is -2.14. The summed E-state index contributed by atoms with van der Waals surface area (Å²) in [6.45, 7) is 0. The number of thioether (sulfide) groups is 1. The van der Waals surface area contributed by atoms with Gasteiger partial charge in [0.25, 0.3) is 5.91 Å². The monoisotopic (exact) mass is 396 g/mol. The number of primary amides is 1. The summed E-state index contributed by atoms with van der Waals surface area (Å²) in [5.74, 6) is 0.0200. The number of anilines is 1. The molecule has 0 aliphatic heterocycles. The predicted octanol–water partition coefficient (Wildman–Crippen LogP) is 4.98. The SMILES string of the molecule is NC(=O)c1cccc(NC(=O)c2ccc(CSc3ccc(Cl)cc3)cc2)c1. The number of rotatable bonds is 6. The summed E-state index contributed by atoms with van der Waals surface area (Å²) in [4.78, 5) is 24.7.